The number of nitrogens with zero attached hydrogens (tertiary/aromatic N) is 2. The van der Waals surface area contributed by atoms with Crippen LogP contribution in [0.2, 0.25) is 5.02 Å². The van der Waals surface area contributed by atoms with E-state index in [1.807, 2.05) is 0 Å². The second kappa shape index (κ2) is 7.32. The molecule has 0 bridgehead atoms. The van der Waals surface area contributed by atoms with Gasteiger partial charge < -0.3 is 5.32 Å². The second-order valence-corrected chi connectivity index (χ2v) is 5.82. The number of halogens is 5. The minimum Gasteiger partial charge on any atom is -0.306 e. The molecule has 0 saturated heterocycles. The van der Waals surface area contributed by atoms with Crippen LogP contribution in [0, 0.1) is 5.82 Å². The van der Waals surface area contributed by atoms with Crippen molar-refractivity contribution >= 4 is 23.3 Å². The lowest BCUT2D eigenvalue weighted by Gasteiger charge is -2.09. The lowest BCUT2D eigenvalue weighted by Crippen LogP contribution is -2.15. The number of hydrogen-bond donors (Lipinski definition) is 1. The van der Waals surface area contributed by atoms with E-state index in [1.165, 1.54) is 18.3 Å². The predicted molar refractivity (Wildman–Crippen MR) is 91.8 cm³/mol. The molecule has 0 fully saturated rings. The van der Waals surface area contributed by atoms with Gasteiger partial charge in [-0.15, -0.1) is 0 Å². The Balaban J connectivity index is 1.80. The molecule has 1 amide bonds. The number of aromatic nitrogens is 2. The number of pyridine rings is 2. The van der Waals surface area contributed by atoms with E-state index in [0.717, 1.165) is 18.2 Å². The Morgan fingerprint density at radius 1 is 1.07 bits per heavy atom. The van der Waals surface area contributed by atoms with Gasteiger partial charge in [0.1, 0.15) is 11.6 Å². The van der Waals surface area contributed by atoms with Crippen LogP contribution in [0.5, 0.6) is 0 Å². The van der Waals surface area contributed by atoms with Gasteiger partial charge in [-0.25, -0.2) is 9.37 Å². The van der Waals surface area contributed by atoms with Crippen LogP contribution in [0.1, 0.15) is 15.9 Å². The summed E-state index contributed by atoms with van der Waals surface area (Å²) in [6.07, 6.45) is -2.46. The summed E-state index contributed by atoms with van der Waals surface area (Å²) in [5.74, 6) is -1.82. The molecule has 2 heterocycles. The molecule has 27 heavy (non-hydrogen) atoms. The summed E-state index contributed by atoms with van der Waals surface area (Å²) in [7, 11) is 0. The molecule has 0 aliphatic rings. The number of benzene rings is 1. The Morgan fingerprint density at radius 2 is 1.85 bits per heavy atom. The summed E-state index contributed by atoms with van der Waals surface area (Å²) in [6, 6.07) is 8.77. The lowest BCUT2D eigenvalue weighted by molar-refractivity contribution is -0.137. The number of carbonyl (C=O) groups excluding carboxylic acids is 1. The number of carbonyl (C=O) groups is 1. The van der Waals surface area contributed by atoms with Crippen LogP contribution in [0.4, 0.5) is 23.4 Å². The van der Waals surface area contributed by atoms with Crippen molar-refractivity contribution in [2.24, 2.45) is 0 Å². The minimum absolute atomic E-state index is 0.135. The van der Waals surface area contributed by atoms with E-state index in [9.17, 15) is 22.4 Å². The van der Waals surface area contributed by atoms with Crippen molar-refractivity contribution in [3.8, 4) is 11.3 Å². The zero-order chi connectivity index (χ0) is 19.6. The molecular formula is C18H10ClF4N3O. The maximum Gasteiger partial charge on any atom is 0.417 e. The number of anilines is 1. The van der Waals surface area contributed by atoms with E-state index < -0.39 is 23.5 Å². The molecule has 1 N–H and O–H groups in total. The topological polar surface area (TPSA) is 54.9 Å². The van der Waals surface area contributed by atoms with E-state index in [4.69, 9.17) is 11.6 Å². The van der Waals surface area contributed by atoms with Crippen molar-refractivity contribution in [1.82, 2.24) is 9.97 Å². The van der Waals surface area contributed by atoms with Crippen LogP contribution in [-0.4, -0.2) is 15.9 Å². The quantitative estimate of drug-likeness (QED) is 0.619. The molecular weight excluding hydrogens is 386 g/mol. The molecule has 0 radical (unpaired) electrons. The molecule has 0 saturated carbocycles. The van der Waals surface area contributed by atoms with Crippen molar-refractivity contribution in [2.45, 2.75) is 6.18 Å². The third-order valence-electron chi connectivity index (χ3n) is 3.58. The van der Waals surface area contributed by atoms with Gasteiger partial charge in [-0.1, -0.05) is 17.7 Å². The van der Waals surface area contributed by atoms with Crippen molar-refractivity contribution < 1.29 is 22.4 Å². The van der Waals surface area contributed by atoms with Crippen molar-refractivity contribution in [3.05, 3.63) is 76.8 Å². The maximum absolute atomic E-state index is 14.3. The van der Waals surface area contributed by atoms with Crippen LogP contribution in [0.3, 0.4) is 0 Å². The molecule has 3 rings (SSSR count). The number of rotatable bonds is 3. The Labute approximate surface area is 155 Å². The molecule has 0 aliphatic heterocycles. The normalized spacial score (nSPS) is 11.3. The molecule has 0 spiro atoms. The summed E-state index contributed by atoms with van der Waals surface area (Å²) < 4.78 is 51.9. The van der Waals surface area contributed by atoms with Gasteiger partial charge in [-0.05, 0) is 36.4 Å². The largest absolute Gasteiger partial charge is 0.417 e. The van der Waals surface area contributed by atoms with E-state index >= 15 is 0 Å². The van der Waals surface area contributed by atoms with Crippen LogP contribution >= 0.6 is 11.6 Å². The second-order valence-electron chi connectivity index (χ2n) is 5.41. The van der Waals surface area contributed by atoms with Crippen molar-refractivity contribution in [3.63, 3.8) is 0 Å². The summed E-state index contributed by atoms with van der Waals surface area (Å²) in [5.41, 5.74) is -0.521. The number of nitrogens with one attached hydrogen (secondary N) is 1. The fourth-order valence-electron chi connectivity index (χ4n) is 2.26. The van der Waals surface area contributed by atoms with Gasteiger partial charge in [-0.2, -0.15) is 13.2 Å². The maximum atomic E-state index is 14.3. The highest BCUT2D eigenvalue weighted by molar-refractivity contribution is 6.33. The molecule has 138 valence electrons. The third kappa shape index (κ3) is 4.22. The van der Waals surface area contributed by atoms with Crippen molar-refractivity contribution in [2.75, 3.05) is 5.32 Å². The Morgan fingerprint density at radius 3 is 2.44 bits per heavy atom. The van der Waals surface area contributed by atoms with E-state index in [-0.39, 0.29) is 11.4 Å². The minimum atomic E-state index is -4.54. The van der Waals surface area contributed by atoms with Crippen LogP contribution in [0.25, 0.3) is 11.3 Å². The fourth-order valence-corrected chi connectivity index (χ4v) is 2.49. The van der Waals surface area contributed by atoms with E-state index in [2.05, 4.69) is 15.3 Å². The summed E-state index contributed by atoms with van der Waals surface area (Å²) >= 11 is 6.01. The van der Waals surface area contributed by atoms with Crippen LogP contribution < -0.4 is 5.32 Å². The zero-order valence-corrected chi connectivity index (χ0v) is 14.1. The monoisotopic (exact) mass is 395 g/mol. The highest BCUT2D eigenvalue weighted by atomic mass is 35.5. The SMILES string of the molecule is O=C(Nc1ccc(C(F)(F)F)cn1)c1ccc(-c2ncccc2Cl)cc1F. The predicted octanol–water partition coefficient (Wildman–Crippen LogP) is 5.21. The molecule has 1 aromatic carbocycles. The van der Waals surface area contributed by atoms with Gasteiger partial charge in [0.05, 0.1) is 21.8 Å². The van der Waals surface area contributed by atoms with E-state index in [1.54, 1.807) is 12.1 Å². The Kier molecular flexibility index (Phi) is 5.09. The fraction of sp³-hybridized carbons (Fsp3) is 0.0556. The smallest absolute Gasteiger partial charge is 0.306 e. The Hall–Kier alpha value is -3.00. The van der Waals surface area contributed by atoms with Gasteiger partial charge in [0.15, 0.2) is 0 Å². The number of amides is 1. The summed E-state index contributed by atoms with van der Waals surface area (Å²) in [6.45, 7) is 0. The first-order chi connectivity index (χ1) is 12.8. The van der Waals surface area contributed by atoms with Crippen LogP contribution in [-0.2, 0) is 6.18 Å². The lowest BCUT2D eigenvalue weighted by atomic mass is 10.1. The number of alkyl halides is 3. The molecule has 4 nitrogen and oxygen atoms in total. The highest BCUT2D eigenvalue weighted by Gasteiger charge is 2.30. The zero-order valence-electron chi connectivity index (χ0n) is 13.4. The summed E-state index contributed by atoms with van der Waals surface area (Å²) in [4.78, 5) is 19.8. The van der Waals surface area contributed by atoms with Gasteiger partial charge in [0.2, 0.25) is 0 Å². The van der Waals surface area contributed by atoms with Gasteiger partial charge >= 0.3 is 6.18 Å². The molecule has 3 aromatic rings. The first kappa shape index (κ1) is 18.8. The van der Waals surface area contributed by atoms with Crippen LogP contribution in [0.15, 0.2) is 54.9 Å². The number of hydrogen-bond acceptors (Lipinski definition) is 3. The highest BCUT2D eigenvalue weighted by Crippen LogP contribution is 2.29. The Bertz CT molecular complexity index is 991. The average Bonchev–Trinajstić information content (AvgIpc) is 2.61. The molecule has 9 heteroatoms. The van der Waals surface area contributed by atoms with Crippen molar-refractivity contribution in [1.29, 1.82) is 0 Å². The molecule has 0 unspecified atom stereocenters. The van der Waals surface area contributed by atoms with E-state index in [0.29, 0.717) is 22.5 Å². The molecule has 0 atom stereocenters. The van der Waals surface area contributed by atoms with Gasteiger partial charge in [0, 0.05) is 18.0 Å². The molecule has 0 aliphatic carbocycles. The summed E-state index contributed by atoms with van der Waals surface area (Å²) in [5, 5.41) is 2.57. The van der Waals surface area contributed by atoms with Gasteiger partial charge in [-0.3, -0.25) is 9.78 Å². The third-order valence-corrected chi connectivity index (χ3v) is 3.88. The first-order valence-electron chi connectivity index (χ1n) is 7.51. The average molecular weight is 396 g/mol. The van der Waals surface area contributed by atoms with Gasteiger partial charge in [0.25, 0.3) is 5.91 Å². The molecule has 2 aromatic heterocycles. The first-order valence-corrected chi connectivity index (χ1v) is 7.88. The standard InChI is InChI=1S/C18H10ClF4N3O/c19-13-2-1-7-24-16(13)10-3-5-12(14(20)8-10)17(27)26-15-6-4-11(9-25-15)18(21,22)23/h1-9H,(H,25,26,27).